The third kappa shape index (κ3) is 9.05. The molecule has 8 fully saturated rings. The molecule has 1 spiro atoms. The number of allylic oxidation sites excluding steroid dienone is 1. The van der Waals surface area contributed by atoms with Crippen molar-refractivity contribution in [1.29, 1.82) is 0 Å². The summed E-state index contributed by atoms with van der Waals surface area (Å²) < 4.78 is 61.9. The van der Waals surface area contributed by atoms with Gasteiger partial charge in [0, 0.05) is 38.0 Å². The standard InChI is InChI=1S/C49H76O20/c1-20-10-13-49(61-18-20)21(2)34-30(69-49)16-29-27-9-8-25-14-26(53)15-33(48(25,7)28(27)11-12-47(29,34)6)66-46-43(39(58)41(63-24(5)52)32(65-46)19-60-23(4)51)68-45-40(59)42(35(54)22(3)62-45)67-44-38(57)37(56)36(55)31(17-50)64-44/h8,20-22,26-46,50,53-59H,9-19H2,1-7H3/t20-,21+,22+,26-,27-,28+,29+,30+,31-,32-,33-,34+,35+,36-,37+,38-,39+,40-,41+,42-,43-,44+,45+,46+,47+,48+,49-/m1/s1. The molecular formula is C49H76O20. The Morgan fingerprint density at radius 1 is 0.739 bits per heavy atom. The summed E-state index contributed by atoms with van der Waals surface area (Å²) in [6.07, 6.45) is -17.1. The topological polar surface area (TPSA) is 288 Å². The minimum atomic E-state index is -1.90. The highest BCUT2D eigenvalue weighted by Gasteiger charge is 2.70. The first-order valence-corrected chi connectivity index (χ1v) is 25.2. The highest BCUT2D eigenvalue weighted by Crippen LogP contribution is 2.71. The Hall–Kier alpha value is -1.96. The number of fused-ring (bicyclic) bond motifs is 7. The number of carbonyl (C=O) groups is 2. The lowest BCUT2D eigenvalue weighted by atomic mass is 9.46. The first-order valence-electron chi connectivity index (χ1n) is 25.2. The van der Waals surface area contributed by atoms with Crippen LogP contribution in [0.15, 0.2) is 11.6 Å². The Balaban J connectivity index is 0.999. The molecule has 0 aromatic carbocycles. The van der Waals surface area contributed by atoms with Gasteiger partial charge in [-0.2, -0.15) is 0 Å². The summed E-state index contributed by atoms with van der Waals surface area (Å²) in [6, 6.07) is 0. The molecule has 9 rings (SSSR count). The average molecular weight is 985 g/mol. The molecule has 0 aromatic rings. The first kappa shape index (κ1) is 51.9. The average Bonchev–Trinajstić information content (AvgIpc) is 3.75. The van der Waals surface area contributed by atoms with Crippen LogP contribution in [0.1, 0.15) is 99.8 Å². The quantitative estimate of drug-likeness (QED) is 0.108. The lowest BCUT2D eigenvalue weighted by Gasteiger charge is -2.60. The molecule has 5 aliphatic heterocycles. The zero-order valence-electron chi connectivity index (χ0n) is 40.7. The maximum absolute atomic E-state index is 12.6. The number of ether oxygens (including phenoxy) is 10. The number of hydrogen-bond donors (Lipinski definition) is 8. The second-order valence-corrected chi connectivity index (χ2v) is 22.4. The summed E-state index contributed by atoms with van der Waals surface area (Å²) in [5.41, 5.74) is 0.431. The maximum atomic E-state index is 12.6. The Morgan fingerprint density at radius 3 is 2.13 bits per heavy atom. The molecule has 20 heteroatoms. The smallest absolute Gasteiger partial charge is 0.303 e. The minimum absolute atomic E-state index is 0.00845. The van der Waals surface area contributed by atoms with Crippen LogP contribution in [0.3, 0.4) is 0 Å². The van der Waals surface area contributed by atoms with Crippen LogP contribution in [0.4, 0.5) is 0 Å². The second-order valence-electron chi connectivity index (χ2n) is 22.4. The Bertz CT molecular complexity index is 1880. The molecule has 0 aromatic heterocycles. The van der Waals surface area contributed by atoms with Gasteiger partial charge < -0.3 is 88.2 Å². The van der Waals surface area contributed by atoms with Crippen LogP contribution in [0.5, 0.6) is 0 Å². The van der Waals surface area contributed by atoms with E-state index in [1.807, 2.05) is 0 Å². The fourth-order valence-electron chi connectivity index (χ4n) is 14.6. The van der Waals surface area contributed by atoms with E-state index in [9.17, 15) is 50.4 Å². The van der Waals surface area contributed by atoms with Crippen molar-refractivity contribution in [1.82, 2.24) is 0 Å². The second kappa shape index (κ2) is 19.7. The Labute approximate surface area is 402 Å². The van der Waals surface area contributed by atoms with Gasteiger partial charge in [-0.25, -0.2) is 0 Å². The number of carbonyl (C=O) groups excluding carboxylic acids is 2. The van der Waals surface area contributed by atoms with Crippen LogP contribution < -0.4 is 0 Å². The molecule has 5 saturated heterocycles. The van der Waals surface area contributed by atoms with Crippen LogP contribution in [-0.4, -0.2) is 189 Å². The molecule has 5 heterocycles. The molecule has 20 nitrogen and oxygen atoms in total. The van der Waals surface area contributed by atoms with Crippen LogP contribution >= 0.6 is 0 Å². The minimum Gasteiger partial charge on any atom is -0.463 e. The highest BCUT2D eigenvalue weighted by molar-refractivity contribution is 5.66. The van der Waals surface area contributed by atoms with Crippen LogP contribution in [0.25, 0.3) is 0 Å². The normalized spacial score (nSPS) is 53.9. The maximum Gasteiger partial charge on any atom is 0.303 e. The van der Waals surface area contributed by atoms with Gasteiger partial charge in [-0.1, -0.05) is 39.3 Å². The van der Waals surface area contributed by atoms with Gasteiger partial charge in [-0.05, 0) is 80.5 Å². The predicted octanol–water partition coefficient (Wildman–Crippen LogP) is 0.327. The molecule has 69 heavy (non-hydrogen) atoms. The third-order valence-corrected chi connectivity index (χ3v) is 18.3. The summed E-state index contributed by atoms with van der Waals surface area (Å²) in [4.78, 5) is 24.7. The van der Waals surface area contributed by atoms with Gasteiger partial charge in [0.05, 0.1) is 37.6 Å². The SMILES string of the molecule is CC(=O)OC[C@H]1O[C@@H](O[C@@H]2C[C@H](O)CC3=CC[C@H]4[C@@H]5C[C@@H]6O[C@]7(CC[C@@H](C)CO7)[C@@H](C)[C@@H]6[C@@]5(C)CC[C@@H]4[C@]32C)[C@H](O[C@@H]2O[C@@H](C)[C@H](O)[C@@H](O[C@@H]3O[C@H](CO)[C@@H](O)[C@H](O)[C@H]3O)[C@H]2O)[C@@H](O)[C@H]1OC(C)=O. The van der Waals surface area contributed by atoms with Crippen molar-refractivity contribution in [3.8, 4) is 0 Å². The molecule has 0 bridgehead atoms. The van der Waals surface area contributed by atoms with Gasteiger partial charge in [-0.15, -0.1) is 0 Å². The van der Waals surface area contributed by atoms with Crippen molar-refractivity contribution in [3.63, 3.8) is 0 Å². The van der Waals surface area contributed by atoms with E-state index in [1.165, 1.54) is 13.8 Å². The zero-order chi connectivity index (χ0) is 49.6. The summed E-state index contributed by atoms with van der Waals surface area (Å²) >= 11 is 0. The van der Waals surface area contributed by atoms with E-state index >= 15 is 0 Å². The highest BCUT2D eigenvalue weighted by atomic mass is 16.8. The molecule has 3 saturated carbocycles. The molecule has 9 aliphatic rings. The monoisotopic (exact) mass is 984 g/mol. The van der Waals surface area contributed by atoms with E-state index in [0.29, 0.717) is 30.8 Å². The van der Waals surface area contributed by atoms with Gasteiger partial charge in [0.15, 0.2) is 30.8 Å². The van der Waals surface area contributed by atoms with Crippen molar-refractivity contribution in [2.45, 2.75) is 216 Å². The van der Waals surface area contributed by atoms with E-state index < -0.39 is 141 Å². The van der Waals surface area contributed by atoms with Gasteiger partial charge in [0.1, 0.15) is 67.6 Å². The Morgan fingerprint density at radius 2 is 1.45 bits per heavy atom. The van der Waals surface area contributed by atoms with Crippen molar-refractivity contribution in [3.05, 3.63) is 11.6 Å². The van der Waals surface area contributed by atoms with Gasteiger partial charge in [0.2, 0.25) is 0 Å². The molecule has 27 atom stereocenters. The van der Waals surface area contributed by atoms with Crippen molar-refractivity contribution < 1.29 is 97.8 Å². The molecule has 8 N–H and O–H groups in total. The molecule has 4 aliphatic carbocycles. The van der Waals surface area contributed by atoms with Crippen LogP contribution in [0, 0.1) is 46.3 Å². The number of aliphatic hydroxyl groups excluding tert-OH is 8. The van der Waals surface area contributed by atoms with E-state index in [4.69, 9.17) is 47.4 Å². The fraction of sp³-hybridized carbons (Fsp3) is 0.918. The van der Waals surface area contributed by atoms with Crippen molar-refractivity contribution in [2.24, 2.45) is 46.3 Å². The largest absolute Gasteiger partial charge is 0.463 e. The summed E-state index contributed by atoms with van der Waals surface area (Å²) in [5, 5.41) is 88.2. The molecule has 392 valence electrons. The number of esters is 2. The van der Waals surface area contributed by atoms with Crippen LogP contribution in [0.2, 0.25) is 0 Å². The Kier molecular flexibility index (Phi) is 14.8. The number of hydrogen-bond acceptors (Lipinski definition) is 20. The molecule has 0 amide bonds. The van der Waals surface area contributed by atoms with Crippen molar-refractivity contribution >= 4 is 11.9 Å². The lowest BCUT2D eigenvalue weighted by molar-refractivity contribution is -0.388. The van der Waals surface area contributed by atoms with Gasteiger partial charge >= 0.3 is 11.9 Å². The summed E-state index contributed by atoms with van der Waals surface area (Å²) in [6.45, 7) is 12.4. The first-order chi connectivity index (χ1) is 32.6. The fourth-order valence-corrected chi connectivity index (χ4v) is 14.6. The van der Waals surface area contributed by atoms with Crippen LogP contribution in [-0.2, 0) is 57.0 Å². The van der Waals surface area contributed by atoms with E-state index in [1.54, 1.807) is 0 Å². The summed E-state index contributed by atoms with van der Waals surface area (Å²) in [5.74, 6) is -0.198. The van der Waals surface area contributed by atoms with Gasteiger partial charge in [0.25, 0.3) is 0 Å². The molecule has 0 unspecified atom stereocenters. The summed E-state index contributed by atoms with van der Waals surface area (Å²) in [7, 11) is 0. The molecular weight excluding hydrogens is 909 g/mol. The zero-order valence-corrected chi connectivity index (χ0v) is 40.7. The number of aliphatic hydroxyl groups is 8. The molecule has 0 radical (unpaired) electrons. The predicted molar refractivity (Wildman–Crippen MR) is 235 cm³/mol. The van der Waals surface area contributed by atoms with E-state index in [-0.39, 0.29) is 35.7 Å². The van der Waals surface area contributed by atoms with E-state index in [2.05, 4.69) is 33.8 Å². The van der Waals surface area contributed by atoms with Gasteiger partial charge in [-0.3, -0.25) is 9.59 Å². The van der Waals surface area contributed by atoms with E-state index in [0.717, 1.165) is 51.0 Å². The lowest BCUT2D eigenvalue weighted by Crippen LogP contribution is -2.67. The number of rotatable bonds is 10. The van der Waals surface area contributed by atoms with Crippen molar-refractivity contribution in [2.75, 3.05) is 19.8 Å². The third-order valence-electron chi connectivity index (χ3n) is 18.3.